The zero-order chi connectivity index (χ0) is 7.84. The van der Waals surface area contributed by atoms with E-state index in [1.807, 2.05) is 0 Å². The van der Waals surface area contributed by atoms with E-state index >= 15 is 0 Å². The molecule has 4 N–H and O–H groups in total. The van der Waals surface area contributed by atoms with Gasteiger partial charge in [0.1, 0.15) is 0 Å². The van der Waals surface area contributed by atoms with E-state index in [4.69, 9.17) is 11.5 Å². The molecule has 2 rings (SSSR count). The molecule has 0 spiro atoms. The van der Waals surface area contributed by atoms with Crippen molar-refractivity contribution in [2.45, 2.75) is 25.3 Å². The number of aryl methyl sites for hydroxylation is 1. The Morgan fingerprint density at radius 1 is 1.50 bits per heavy atom. The summed E-state index contributed by atoms with van der Waals surface area (Å²) < 4.78 is 0. The molecule has 1 atom stereocenters. The molecular formula is C7H12ClN3S. The van der Waals surface area contributed by atoms with Gasteiger partial charge >= 0.3 is 0 Å². The van der Waals surface area contributed by atoms with Crippen molar-refractivity contribution in [1.82, 2.24) is 4.98 Å². The summed E-state index contributed by atoms with van der Waals surface area (Å²) in [7, 11) is 0. The van der Waals surface area contributed by atoms with Gasteiger partial charge < -0.3 is 11.5 Å². The highest BCUT2D eigenvalue weighted by Gasteiger charge is 2.18. The first-order valence-electron chi connectivity index (χ1n) is 3.75. The lowest BCUT2D eigenvalue weighted by molar-refractivity contribution is 0.576. The highest BCUT2D eigenvalue weighted by Crippen LogP contribution is 2.27. The van der Waals surface area contributed by atoms with Gasteiger partial charge in [0.15, 0.2) is 5.13 Å². The Morgan fingerprint density at radius 3 is 3.00 bits per heavy atom. The second-order valence-electron chi connectivity index (χ2n) is 2.92. The van der Waals surface area contributed by atoms with Crippen molar-refractivity contribution in [3.63, 3.8) is 0 Å². The van der Waals surface area contributed by atoms with Gasteiger partial charge in [-0.05, 0) is 19.3 Å². The molecule has 0 unspecified atom stereocenters. The number of thiazole rings is 1. The van der Waals surface area contributed by atoms with Crippen LogP contribution >= 0.6 is 23.7 Å². The first-order valence-corrected chi connectivity index (χ1v) is 4.57. The van der Waals surface area contributed by atoms with Crippen LogP contribution in [0.25, 0.3) is 0 Å². The average Bonchev–Trinajstić information content (AvgIpc) is 2.27. The number of nitrogen functional groups attached to an aromatic ring is 1. The van der Waals surface area contributed by atoms with E-state index in [9.17, 15) is 0 Å². The Morgan fingerprint density at radius 2 is 2.25 bits per heavy atom. The maximum absolute atomic E-state index is 5.80. The largest absolute Gasteiger partial charge is 0.375 e. The number of nitrogens with zero attached hydrogens (tertiary/aromatic N) is 1. The van der Waals surface area contributed by atoms with Gasteiger partial charge in [0.25, 0.3) is 0 Å². The van der Waals surface area contributed by atoms with E-state index in [0.29, 0.717) is 11.2 Å². The van der Waals surface area contributed by atoms with Crippen LogP contribution in [-0.4, -0.2) is 11.0 Å². The molecule has 5 heteroatoms. The van der Waals surface area contributed by atoms with Gasteiger partial charge in [0.2, 0.25) is 0 Å². The molecule has 12 heavy (non-hydrogen) atoms. The molecule has 0 saturated heterocycles. The van der Waals surface area contributed by atoms with E-state index in [-0.39, 0.29) is 12.4 Å². The second-order valence-corrected chi connectivity index (χ2v) is 4.04. The van der Waals surface area contributed by atoms with Crippen LogP contribution in [0.4, 0.5) is 5.13 Å². The standard InChI is InChI=1S/C7H11N3S.ClH/c8-4-1-2-5-6(3-4)11-7(9)10-5;/h4H,1-3,8H2,(H2,9,10);1H/t4-;/m0./s1. The van der Waals surface area contributed by atoms with E-state index in [1.54, 1.807) is 11.3 Å². The third-order valence-electron chi connectivity index (χ3n) is 1.99. The fourth-order valence-electron chi connectivity index (χ4n) is 1.42. The summed E-state index contributed by atoms with van der Waals surface area (Å²) in [6.07, 6.45) is 3.02. The van der Waals surface area contributed by atoms with Crippen LogP contribution in [0, 0.1) is 0 Å². The van der Waals surface area contributed by atoms with Gasteiger partial charge in [-0.15, -0.1) is 23.7 Å². The summed E-state index contributed by atoms with van der Waals surface area (Å²) in [6, 6.07) is 0.322. The molecular weight excluding hydrogens is 194 g/mol. The summed E-state index contributed by atoms with van der Waals surface area (Å²) >= 11 is 1.58. The number of rotatable bonds is 0. The molecule has 0 saturated carbocycles. The summed E-state index contributed by atoms with van der Waals surface area (Å²) in [6.45, 7) is 0. The Labute approximate surface area is 81.6 Å². The maximum atomic E-state index is 5.80. The van der Waals surface area contributed by atoms with E-state index in [1.165, 1.54) is 10.6 Å². The van der Waals surface area contributed by atoms with Gasteiger partial charge in [0, 0.05) is 10.9 Å². The van der Waals surface area contributed by atoms with Crippen molar-refractivity contribution in [1.29, 1.82) is 0 Å². The minimum Gasteiger partial charge on any atom is -0.375 e. The Kier molecular flexibility index (Phi) is 2.93. The summed E-state index contributed by atoms with van der Waals surface area (Å²) in [4.78, 5) is 5.52. The Bertz CT molecular complexity index is 274. The molecule has 0 aliphatic heterocycles. The third-order valence-corrected chi connectivity index (χ3v) is 2.94. The van der Waals surface area contributed by atoms with Gasteiger partial charge in [-0.2, -0.15) is 0 Å². The molecule has 0 bridgehead atoms. The molecule has 3 nitrogen and oxygen atoms in total. The van der Waals surface area contributed by atoms with Crippen LogP contribution in [0.1, 0.15) is 17.0 Å². The molecule has 0 fully saturated rings. The summed E-state index contributed by atoms with van der Waals surface area (Å²) in [5.41, 5.74) is 12.5. The van der Waals surface area contributed by atoms with Gasteiger partial charge in [-0.25, -0.2) is 4.98 Å². The zero-order valence-corrected chi connectivity index (χ0v) is 8.25. The van der Waals surface area contributed by atoms with E-state index in [2.05, 4.69) is 4.98 Å². The number of aromatic nitrogens is 1. The van der Waals surface area contributed by atoms with Crippen LogP contribution < -0.4 is 11.5 Å². The van der Waals surface area contributed by atoms with Crippen molar-refractivity contribution >= 4 is 28.9 Å². The van der Waals surface area contributed by atoms with Crippen LogP contribution in [0.15, 0.2) is 0 Å². The van der Waals surface area contributed by atoms with E-state index < -0.39 is 0 Å². The smallest absolute Gasteiger partial charge is 0.180 e. The lowest BCUT2D eigenvalue weighted by Crippen LogP contribution is -2.26. The number of hydrogen-bond donors (Lipinski definition) is 2. The molecule has 1 aromatic heterocycles. The molecule has 0 aromatic carbocycles. The van der Waals surface area contributed by atoms with Crippen molar-refractivity contribution in [3.05, 3.63) is 10.6 Å². The maximum Gasteiger partial charge on any atom is 0.180 e. The van der Waals surface area contributed by atoms with Crippen LogP contribution in [0.3, 0.4) is 0 Å². The third kappa shape index (κ3) is 1.71. The Hall–Kier alpha value is -0.320. The highest BCUT2D eigenvalue weighted by molar-refractivity contribution is 7.15. The average molecular weight is 206 g/mol. The molecule has 0 amide bonds. The molecule has 68 valence electrons. The first kappa shape index (κ1) is 9.77. The van der Waals surface area contributed by atoms with Crippen LogP contribution in [0.2, 0.25) is 0 Å². The quantitative estimate of drug-likeness (QED) is 0.663. The topological polar surface area (TPSA) is 64.9 Å². The zero-order valence-electron chi connectivity index (χ0n) is 6.62. The lowest BCUT2D eigenvalue weighted by Gasteiger charge is -2.15. The van der Waals surface area contributed by atoms with Crippen LogP contribution in [-0.2, 0) is 12.8 Å². The van der Waals surface area contributed by atoms with Gasteiger partial charge in [-0.3, -0.25) is 0 Å². The number of halogens is 1. The monoisotopic (exact) mass is 205 g/mol. The Balaban J connectivity index is 0.000000720. The number of anilines is 1. The molecule has 1 aliphatic rings. The fourth-order valence-corrected chi connectivity index (χ4v) is 2.39. The first-order chi connectivity index (χ1) is 5.25. The normalized spacial score (nSPS) is 21.2. The second kappa shape index (κ2) is 3.60. The molecule has 1 heterocycles. The number of fused-ring (bicyclic) bond motifs is 1. The molecule has 1 aliphatic carbocycles. The highest BCUT2D eigenvalue weighted by atomic mass is 35.5. The predicted molar refractivity (Wildman–Crippen MR) is 53.8 cm³/mol. The minimum atomic E-state index is 0. The summed E-state index contributed by atoms with van der Waals surface area (Å²) in [5, 5.41) is 0.684. The SMILES string of the molecule is Cl.Nc1nc2c(s1)C[C@@H](N)CC2. The lowest BCUT2D eigenvalue weighted by atomic mass is 9.99. The van der Waals surface area contributed by atoms with Crippen molar-refractivity contribution in [2.24, 2.45) is 5.73 Å². The molecule has 1 aromatic rings. The molecule has 0 radical (unpaired) electrons. The predicted octanol–water partition coefficient (Wildman–Crippen LogP) is 0.963. The van der Waals surface area contributed by atoms with Gasteiger partial charge in [0.05, 0.1) is 5.69 Å². The summed E-state index contributed by atoms with van der Waals surface area (Å²) in [5.74, 6) is 0. The van der Waals surface area contributed by atoms with E-state index in [0.717, 1.165) is 19.3 Å². The van der Waals surface area contributed by atoms with Crippen molar-refractivity contribution < 1.29 is 0 Å². The van der Waals surface area contributed by atoms with Crippen molar-refractivity contribution in [2.75, 3.05) is 5.73 Å². The van der Waals surface area contributed by atoms with Crippen molar-refractivity contribution in [3.8, 4) is 0 Å². The number of nitrogens with two attached hydrogens (primary N) is 2. The van der Waals surface area contributed by atoms with Crippen LogP contribution in [0.5, 0.6) is 0 Å². The van der Waals surface area contributed by atoms with Gasteiger partial charge in [-0.1, -0.05) is 0 Å². The fraction of sp³-hybridized carbons (Fsp3) is 0.571. The number of hydrogen-bond acceptors (Lipinski definition) is 4. The minimum absolute atomic E-state index is 0.